The van der Waals surface area contributed by atoms with Crippen LogP contribution in [0, 0.1) is 6.92 Å². The molecule has 0 aliphatic heterocycles. The van der Waals surface area contributed by atoms with Crippen molar-refractivity contribution >= 4 is 5.82 Å². The van der Waals surface area contributed by atoms with Crippen molar-refractivity contribution in [2.75, 3.05) is 25.0 Å². The van der Waals surface area contributed by atoms with Gasteiger partial charge in [0.25, 0.3) is 0 Å². The molecule has 1 rings (SSSR count). The van der Waals surface area contributed by atoms with E-state index in [1.165, 1.54) is 0 Å². The summed E-state index contributed by atoms with van der Waals surface area (Å²) in [5.41, 5.74) is 6.53. The third-order valence-electron chi connectivity index (χ3n) is 2.46. The first-order valence-corrected chi connectivity index (χ1v) is 5.81. The molecule has 0 amide bonds. The van der Waals surface area contributed by atoms with E-state index in [1.54, 1.807) is 0 Å². The Morgan fingerprint density at radius 1 is 1.38 bits per heavy atom. The summed E-state index contributed by atoms with van der Waals surface area (Å²) >= 11 is 0. The minimum atomic E-state index is 0.363. The number of hydrogen-bond donors (Lipinski definition) is 1. The molecule has 4 heteroatoms. The predicted molar refractivity (Wildman–Crippen MR) is 67.8 cm³/mol. The molecule has 0 radical (unpaired) electrons. The van der Waals surface area contributed by atoms with Crippen LogP contribution in [0.3, 0.4) is 0 Å². The van der Waals surface area contributed by atoms with E-state index in [0.717, 1.165) is 30.3 Å². The highest BCUT2D eigenvalue weighted by molar-refractivity contribution is 5.38. The second kappa shape index (κ2) is 5.80. The third kappa shape index (κ3) is 3.45. The fraction of sp³-hybridized carbons (Fsp3) is 0.667. The van der Waals surface area contributed by atoms with Gasteiger partial charge in [0.2, 0.25) is 0 Å². The lowest BCUT2D eigenvalue weighted by Gasteiger charge is -2.19. The van der Waals surface area contributed by atoms with E-state index in [2.05, 4.69) is 28.7 Å². The van der Waals surface area contributed by atoms with Gasteiger partial charge in [-0.15, -0.1) is 0 Å². The molecule has 1 aromatic heterocycles. The first-order chi connectivity index (χ1) is 7.54. The molecule has 0 aliphatic rings. The second-order valence-corrected chi connectivity index (χ2v) is 4.44. The molecule has 4 nitrogen and oxygen atoms in total. The van der Waals surface area contributed by atoms with Crippen molar-refractivity contribution in [2.24, 2.45) is 5.73 Å². The number of nitrogens with zero attached hydrogens (tertiary/aromatic N) is 3. The van der Waals surface area contributed by atoms with Gasteiger partial charge >= 0.3 is 0 Å². The number of hydrogen-bond acceptors (Lipinski definition) is 4. The molecular weight excluding hydrogens is 200 g/mol. The van der Waals surface area contributed by atoms with Gasteiger partial charge in [-0.2, -0.15) is 0 Å². The van der Waals surface area contributed by atoms with Gasteiger partial charge in [0.15, 0.2) is 0 Å². The van der Waals surface area contributed by atoms with E-state index in [0.29, 0.717) is 12.5 Å². The zero-order chi connectivity index (χ0) is 12.1. The van der Waals surface area contributed by atoms with Crippen LogP contribution in [0.5, 0.6) is 0 Å². The Kier molecular flexibility index (Phi) is 4.68. The summed E-state index contributed by atoms with van der Waals surface area (Å²) in [6, 6.07) is 2.02. The Morgan fingerprint density at radius 3 is 2.62 bits per heavy atom. The molecule has 0 atom stereocenters. The van der Waals surface area contributed by atoms with Crippen LogP contribution in [0.4, 0.5) is 5.82 Å². The van der Waals surface area contributed by atoms with Gasteiger partial charge in [0.1, 0.15) is 11.6 Å². The van der Waals surface area contributed by atoms with Crippen LogP contribution in [0.25, 0.3) is 0 Å². The topological polar surface area (TPSA) is 55.0 Å². The lowest BCUT2D eigenvalue weighted by Crippen LogP contribution is -2.23. The molecule has 90 valence electrons. The number of anilines is 1. The van der Waals surface area contributed by atoms with Crippen LogP contribution in [0.15, 0.2) is 6.07 Å². The van der Waals surface area contributed by atoms with Crippen LogP contribution >= 0.6 is 0 Å². The third-order valence-corrected chi connectivity index (χ3v) is 2.46. The maximum absolute atomic E-state index is 5.50. The minimum absolute atomic E-state index is 0.363. The highest BCUT2D eigenvalue weighted by Gasteiger charge is 2.08. The summed E-state index contributed by atoms with van der Waals surface area (Å²) in [5.74, 6) is 2.26. The fourth-order valence-corrected chi connectivity index (χ4v) is 1.47. The maximum Gasteiger partial charge on any atom is 0.133 e. The quantitative estimate of drug-likeness (QED) is 0.823. The van der Waals surface area contributed by atoms with Gasteiger partial charge in [-0.25, -0.2) is 9.97 Å². The lowest BCUT2D eigenvalue weighted by atomic mass is 10.2. The summed E-state index contributed by atoms with van der Waals surface area (Å²) in [7, 11) is 2.04. The Morgan fingerprint density at radius 2 is 2.06 bits per heavy atom. The molecule has 0 saturated heterocycles. The fourth-order valence-electron chi connectivity index (χ4n) is 1.47. The average Bonchev–Trinajstić information content (AvgIpc) is 2.24. The zero-order valence-corrected chi connectivity index (χ0v) is 10.7. The first kappa shape index (κ1) is 12.9. The molecule has 0 aromatic carbocycles. The molecular formula is C12H22N4. The van der Waals surface area contributed by atoms with Gasteiger partial charge in [0, 0.05) is 31.3 Å². The Hall–Kier alpha value is -1.16. The first-order valence-electron chi connectivity index (χ1n) is 5.81. The Balaban J connectivity index is 2.86. The highest BCUT2D eigenvalue weighted by Crippen LogP contribution is 2.16. The predicted octanol–water partition coefficient (Wildman–Crippen LogP) is 1.69. The van der Waals surface area contributed by atoms with Gasteiger partial charge in [-0.05, 0) is 19.9 Å². The van der Waals surface area contributed by atoms with Crippen LogP contribution in [-0.2, 0) is 0 Å². The summed E-state index contributed by atoms with van der Waals surface area (Å²) in [6.07, 6.45) is 0.983. The van der Waals surface area contributed by atoms with E-state index < -0.39 is 0 Å². The molecule has 0 saturated carbocycles. The highest BCUT2D eigenvalue weighted by atomic mass is 15.2. The van der Waals surface area contributed by atoms with E-state index in [9.17, 15) is 0 Å². The van der Waals surface area contributed by atoms with Crippen LogP contribution < -0.4 is 10.6 Å². The van der Waals surface area contributed by atoms with Crippen molar-refractivity contribution in [3.05, 3.63) is 17.6 Å². The summed E-state index contributed by atoms with van der Waals surface area (Å²) in [6.45, 7) is 7.88. The SMILES string of the molecule is Cc1cc(N(C)CCCN)nc(C(C)C)n1. The van der Waals surface area contributed by atoms with E-state index >= 15 is 0 Å². The van der Waals surface area contributed by atoms with Crippen molar-refractivity contribution in [1.82, 2.24) is 9.97 Å². The maximum atomic E-state index is 5.50. The molecule has 0 spiro atoms. The molecule has 0 bridgehead atoms. The summed E-state index contributed by atoms with van der Waals surface area (Å²) in [5, 5.41) is 0. The normalized spacial score (nSPS) is 10.9. The van der Waals surface area contributed by atoms with Gasteiger partial charge in [-0.3, -0.25) is 0 Å². The second-order valence-electron chi connectivity index (χ2n) is 4.44. The van der Waals surface area contributed by atoms with E-state index in [4.69, 9.17) is 5.73 Å². The monoisotopic (exact) mass is 222 g/mol. The molecule has 1 aromatic rings. The molecule has 0 aliphatic carbocycles. The van der Waals surface area contributed by atoms with E-state index in [-0.39, 0.29) is 0 Å². The van der Waals surface area contributed by atoms with Crippen LogP contribution in [0.1, 0.15) is 37.7 Å². The van der Waals surface area contributed by atoms with Crippen molar-refractivity contribution in [1.29, 1.82) is 0 Å². The van der Waals surface area contributed by atoms with Gasteiger partial charge in [-0.1, -0.05) is 13.8 Å². The average molecular weight is 222 g/mol. The molecule has 1 heterocycles. The Labute approximate surface area is 97.9 Å². The Bertz CT molecular complexity index is 336. The summed E-state index contributed by atoms with van der Waals surface area (Å²) < 4.78 is 0. The number of aryl methyl sites for hydroxylation is 1. The molecule has 2 N–H and O–H groups in total. The van der Waals surface area contributed by atoms with Crippen LogP contribution in [0.2, 0.25) is 0 Å². The minimum Gasteiger partial charge on any atom is -0.360 e. The van der Waals surface area contributed by atoms with Crippen molar-refractivity contribution in [3.8, 4) is 0 Å². The van der Waals surface area contributed by atoms with Crippen LogP contribution in [-0.4, -0.2) is 30.1 Å². The lowest BCUT2D eigenvalue weighted by molar-refractivity contribution is 0.741. The number of rotatable bonds is 5. The van der Waals surface area contributed by atoms with Gasteiger partial charge < -0.3 is 10.6 Å². The smallest absolute Gasteiger partial charge is 0.133 e. The number of aromatic nitrogens is 2. The zero-order valence-electron chi connectivity index (χ0n) is 10.7. The standard InChI is InChI=1S/C12H22N4/c1-9(2)12-14-10(3)8-11(15-12)16(4)7-5-6-13/h8-9H,5-7,13H2,1-4H3. The largest absolute Gasteiger partial charge is 0.360 e. The van der Waals surface area contributed by atoms with E-state index in [1.807, 2.05) is 20.0 Å². The van der Waals surface area contributed by atoms with Crippen molar-refractivity contribution < 1.29 is 0 Å². The molecule has 0 unspecified atom stereocenters. The summed E-state index contributed by atoms with van der Waals surface area (Å²) in [4.78, 5) is 11.1. The number of nitrogens with two attached hydrogens (primary N) is 1. The van der Waals surface area contributed by atoms with Crippen molar-refractivity contribution in [3.63, 3.8) is 0 Å². The molecule has 0 fully saturated rings. The van der Waals surface area contributed by atoms with Crippen molar-refractivity contribution in [2.45, 2.75) is 33.1 Å². The molecule has 16 heavy (non-hydrogen) atoms. The van der Waals surface area contributed by atoms with Gasteiger partial charge in [0.05, 0.1) is 0 Å².